The van der Waals surface area contributed by atoms with Crippen molar-refractivity contribution in [1.29, 1.82) is 0 Å². The fourth-order valence-corrected chi connectivity index (χ4v) is 2.16. The van der Waals surface area contributed by atoms with Crippen molar-refractivity contribution < 1.29 is 4.74 Å². The van der Waals surface area contributed by atoms with Crippen molar-refractivity contribution in [3.8, 4) is 0 Å². The lowest BCUT2D eigenvalue weighted by molar-refractivity contribution is 0.175. The molecule has 0 aliphatic heterocycles. The monoisotopic (exact) mass is 250 g/mol. The van der Waals surface area contributed by atoms with Gasteiger partial charge in [0.2, 0.25) is 0 Å². The third-order valence-corrected chi connectivity index (χ3v) is 3.75. The number of hydrogen-bond donors (Lipinski definition) is 2. The quantitative estimate of drug-likeness (QED) is 0.775. The summed E-state index contributed by atoms with van der Waals surface area (Å²) in [6, 6.07) is 0. The van der Waals surface area contributed by atoms with Crippen LogP contribution in [-0.2, 0) is 4.74 Å². The largest absolute Gasteiger partial charge is 0.385 e. The summed E-state index contributed by atoms with van der Waals surface area (Å²) in [5, 5.41) is 6.52. The molecule has 0 aromatic carbocycles. The first kappa shape index (κ1) is 13.1. The molecule has 1 fully saturated rings. The van der Waals surface area contributed by atoms with Crippen LogP contribution in [0.2, 0.25) is 0 Å². The molecule has 0 amide bonds. The van der Waals surface area contributed by atoms with Gasteiger partial charge in [-0.3, -0.25) is 0 Å². The molecule has 100 valence electrons. The molecule has 2 rings (SSSR count). The van der Waals surface area contributed by atoms with Crippen LogP contribution in [-0.4, -0.2) is 37.3 Å². The van der Waals surface area contributed by atoms with E-state index in [2.05, 4.69) is 20.6 Å². The third kappa shape index (κ3) is 2.90. The molecule has 5 heteroatoms. The zero-order valence-corrected chi connectivity index (χ0v) is 11.4. The van der Waals surface area contributed by atoms with Gasteiger partial charge in [-0.05, 0) is 31.6 Å². The van der Waals surface area contributed by atoms with Gasteiger partial charge in [0.25, 0.3) is 0 Å². The Kier molecular flexibility index (Phi) is 4.01. The van der Waals surface area contributed by atoms with E-state index in [9.17, 15) is 0 Å². The molecular formula is C13H22N4O. The molecule has 1 aromatic heterocycles. The molecular weight excluding hydrogens is 228 g/mol. The number of nitrogens with zero attached hydrogens (tertiary/aromatic N) is 2. The van der Waals surface area contributed by atoms with E-state index in [1.54, 1.807) is 13.4 Å². The Balaban J connectivity index is 1.94. The number of anilines is 2. The average molecular weight is 250 g/mol. The van der Waals surface area contributed by atoms with Gasteiger partial charge < -0.3 is 15.4 Å². The van der Waals surface area contributed by atoms with Gasteiger partial charge in [-0.1, -0.05) is 0 Å². The minimum absolute atomic E-state index is 0.424. The highest BCUT2D eigenvalue weighted by molar-refractivity contribution is 5.56. The minimum Gasteiger partial charge on any atom is -0.385 e. The number of aromatic nitrogens is 2. The number of methoxy groups -OCH3 is 1. The highest BCUT2D eigenvalue weighted by Gasteiger charge is 2.41. The summed E-state index contributed by atoms with van der Waals surface area (Å²) in [6.45, 7) is 3.84. The molecule has 0 saturated heterocycles. The maximum absolute atomic E-state index is 5.17. The zero-order chi connectivity index (χ0) is 13.0. The average Bonchev–Trinajstić information content (AvgIpc) is 3.16. The number of rotatable bonds is 7. The Bertz CT molecular complexity index is 404. The lowest BCUT2D eigenvalue weighted by Gasteiger charge is -2.17. The molecule has 0 radical (unpaired) electrons. The van der Waals surface area contributed by atoms with Crippen molar-refractivity contribution in [2.24, 2.45) is 5.41 Å². The van der Waals surface area contributed by atoms with Crippen LogP contribution in [0.5, 0.6) is 0 Å². The number of nitrogens with one attached hydrogen (secondary N) is 2. The van der Waals surface area contributed by atoms with E-state index in [1.165, 1.54) is 12.8 Å². The molecule has 1 aromatic rings. The van der Waals surface area contributed by atoms with Gasteiger partial charge in [-0.15, -0.1) is 0 Å². The van der Waals surface area contributed by atoms with Gasteiger partial charge in [0, 0.05) is 32.9 Å². The van der Waals surface area contributed by atoms with Crippen molar-refractivity contribution in [2.75, 3.05) is 37.9 Å². The molecule has 0 atom stereocenters. The fourth-order valence-electron chi connectivity index (χ4n) is 2.16. The molecule has 1 aliphatic carbocycles. The second kappa shape index (κ2) is 5.52. The summed E-state index contributed by atoms with van der Waals surface area (Å²) in [4.78, 5) is 8.49. The predicted octanol–water partition coefficient (Wildman–Crippen LogP) is 2.06. The maximum atomic E-state index is 5.17. The van der Waals surface area contributed by atoms with Crippen molar-refractivity contribution in [3.05, 3.63) is 11.9 Å². The Morgan fingerprint density at radius 3 is 2.67 bits per heavy atom. The molecule has 1 aliphatic rings. The van der Waals surface area contributed by atoms with Gasteiger partial charge in [0.1, 0.15) is 18.0 Å². The Labute approximate surface area is 108 Å². The molecule has 0 unspecified atom stereocenters. The summed E-state index contributed by atoms with van der Waals surface area (Å²) in [6.07, 6.45) is 5.29. The third-order valence-electron chi connectivity index (χ3n) is 3.75. The maximum Gasteiger partial charge on any atom is 0.134 e. The van der Waals surface area contributed by atoms with E-state index >= 15 is 0 Å². The van der Waals surface area contributed by atoms with Crippen LogP contribution in [0.15, 0.2) is 6.33 Å². The van der Waals surface area contributed by atoms with E-state index < -0.39 is 0 Å². The van der Waals surface area contributed by atoms with Crippen LogP contribution in [0.4, 0.5) is 11.6 Å². The normalized spacial score (nSPS) is 16.4. The fraction of sp³-hybridized carbons (Fsp3) is 0.692. The number of ether oxygens (including phenoxy) is 1. The lowest BCUT2D eigenvalue weighted by Crippen LogP contribution is -2.18. The van der Waals surface area contributed by atoms with Crippen LogP contribution in [0, 0.1) is 12.3 Å². The highest BCUT2D eigenvalue weighted by Crippen LogP contribution is 2.48. The molecule has 0 bridgehead atoms. The van der Waals surface area contributed by atoms with Crippen LogP contribution in [0.25, 0.3) is 0 Å². The van der Waals surface area contributed by atoms with Gasteiger partial charge in [0.05, 0.1) is 0 Å². The summed E-state index contributed by atoms with van der Waals surface area (Å²) in [5.41, 5.74) is 1.50. The Morgan fingerprint density at radius 2 is 2.06 bits per heavy atom. The minimum atomic E-state index is 0.424. The summed E-state index contributed by atoms with van der Waals surface area (Å²) in [5.74, 6) is 1.81. The number of hydrogen-bond acceptors (Lipinski definition) is 5. The Hall–Kier alpha value is -1.36. The first-order valence-electron chi connectivity index (χ1n) is 6.43. The standard InChI is InChI=1S/C13H22N4O/c1-10-11(14-2)16-9-17-12(10)15-8-13(4-5-13)6-7-18-3/h9H,4-8H2,1-3H3,(H2,14,15,16,17). The highest BCUT2D eigenvalue weighted by atomic mass is 16.5. The smallest absolute Gasteiger partial charge is 0.134 e. The second-order valence-corrected chi connectivity index (χ2v) is 5.04. The van der Waals surface area contributed by atoms with E-state index in [4.69, 9.17) is 4.74 Å². The van der Waals surface area contributed by atoms with Gasteiger partial charge in [0.15, 0.2) is 0 Å². The molecule has 18 heavy (non-hydrogen) atoms. The van der Waals surface area contributed by atoms with Crippen LogP contribution in [0.1, 0.15) is 24.8 Å². The van der Waals surface area contributed by atoms with Crippen LogP contribution >= 0.6 is 0 Å². The lowest BCUT2D eigenvalue weighted by atomic mass is 10.0. The summed E-state index contributed by atoms with van der Waals surface area (Å²) >= 11 is 0. The summed E-state index contributed by atoms with van der Waals surface area (Å²) < 4.78 is 5.17. The second-order valence-electron chi connectivity index (χ2n) is 5.04. The SMILES string of the molecule is CNc1ncnc(NCC2(CCOC)CC2)c1C. The first-order chi connectivity index (χ1) is 8.71. The van der Waals surface area contributed by atoms with E-state index in [0.29, 0.717) is 5.41 Å². The van der Waals surface area contributed by atoms with Gasteiger partial charge in [-0.25, -0.2) is 9.97 Å². The van der Waals surface area contributed by atoms with Crippen LogP contribution in [0.3, 0.4) is 0 Å². The first-order valence-corrected chi connectivity index (χ1v) is 6.43. The predicted molar refractivity (Wildman–Crippen MR) is 73.0 cm³/mol. The molecule has 2 N–H and O–H groups in total. The molecule has 0 spiro atoms. The van der Waals surface area contributed by atoms with Crippen LogP contribution < -0.4 is 10.6 Å². The van der Waals surface area contributed by atoms with E-state index in [1.807, 2.05) is 14.0 Å². The molecule has 1 heterocycles. The summed E-state index contributed by atoms with van der Waals surface area (Å²) in [7, 11) is 3.64. The van der Waals surface area contributed by atoms with Crippen molar-refractivity contribution in [3.63, 3.8) is 0 Å². The van der Waals surface area contributed by atoms with E-state index in [0.717, 1.165) is 36.8 Å². The molecule has 1 saturated carbocycles. The van der Waals surface area contributed by atoms with E-state index in [-0.39, 0.29) is 0 Å². The zero-order valence-electron chi connectivity index (χ0n) is 11.4. The topological polar surface area (TPSA) is 59.1 Å². The van der Waals surface area contributed by atoms with Crippen molar-refractivity contribution in [1.82, 2.24) is 9.97 Å². The molecule has 5 nitrogen and oxygen atoms in total. The Morgan fingerprint density at radius 1 is 1.33 bits per heavy atom. The van der Waals surface area contributed by atoms with Gasteiger partial charge in [-0.2, -0.15) is 0 Å². The van der Waals surface area contributed by atoms with Crippen molar-refractivity contribution in [2.45, 2.75) is 26.2 Å². The van der Waals surface area contributed by atoms with Gasteiger partial charge >= 0.3 is 0 Å². The van der Waals surface area contributed by atoms with Crippen molar-refractivity contribution >= 4 is 11.6 Å².